The molecule has 0 aromatic carbocycles. The van der Waals surface area contributed by atoms with Crippen LogP contribution in [0.25, 0.3) is 0 Å². The van der Waals surface area contributed by atoms with E-state index in [-0.39, 0.29) is 5.54 Å². The number of hydrogen-bond acceptors (Lipinski definition) is 5. The summed E-state index contributed by atoms with van der Waals surface area (Å²) in [6, 6.07) is 0. The Morgan fingerprint density at radius 3 is 1.72 bits per heavy atom. The molecule has 108 valence electrons. The normalized spacial score (nSPS) is 21.1. The largest absolute Gasteiger partial charge is 0.296 e. The fourth-order valence-corrected chi connectivity index (χ4v) is 5.46. The van der Waals surface area contributed by atoms with Crippen molar-refractivity contribution < 1.29 is 16.8 Å². The highest BCUT2D eigenvalue weighted by Gasteiger charge is 2.32. The predicted molar refractivity (Wildman–Crippen MR) is 71.5 cm³/mol. The van der Waals surface area contributed by atoms with Gasteiger partial charge in [0, 0.05) is 38.0 Å². The first-order valence-electron chi connectivity index (χ1n) is 5.82. The molecule has 8 heteroatoms. The lowest BCUT2D eigenvalue weighted by atomic mass is 10.1. The van der Waals surface area contributed by atoms with Crippen LogP contribution in [0.2, 0.25) is 0 Å². The fraction of sp³-hybridized carbons (Fsp3) is 1.00. The van der Waals surface area contributed by atoms with E-state index in [9.17, 15) is 16.8 Å². The maximum Gasteiger partial charge on any atom is 0.228 e. The summed E-state index contributed by atoms with van der Waals surface area (Å²) in [7, 11) is -7.21. The van der Waals surface area contributed by atoms with Crippen LogP contribution in [0.5, 0.6) is 0 Å². The van der Waals surface area contributed by atoms with E-state index >= 15 is 0 Å². The molecule has 18 heavy (non-hydrogen) atoms. The summed E-state index contributed by atoms with van der Waals surface area (Å²) in [6.45, 7) is 8.21. The molecule has 0 aromatic heterocycles. The van der Waals surface area contributed by atoms with E-state index in [4.69, 9.17) is 0 Å². The monoisotopic (exact) mass is 298 g/mol. The highest BCUT2D eigenvalue weighted by molar-refractivity contribution is 8.06. The minimum atomic E-state index is -3.69. The van der Waals surface area contributed by atoms with E-state index < -0.39 is 24.9 Å². The summed E-state index contributed by atoms with van der Waals surface area (Å²) < 4.78 is 47.2. The van der Waals surface area contributed by atoms with Gasteiger partial charge in [-0.05, 0) is 20.8 Å². The molecule has 0 amide bonds. The molecule has 1 rings (SSSR count). The molecular formula is C10H22N2O4S2. The molecule has 0 saturated carbocycles. The minimum absolute atomic E-state index is 0.00663. The number of rotatable bonds is 3. The highest BCUT2D eigenvalue weighted by Crippen LogP contribution is 2.17. The van der Waals surface area contributed by atoms with Gasteiger partial charge in [0.05, 0.1) is 0 Å². The molecule has 1 saturated heterocycles. The number of piperazine rings is 1. The summed E-state index contributed by atoms with van der Waals surface area (Å²) in [4.78, 5) is 2.19. The Labute approximate surface area is 110 Å². The standard InChI is InChI=1S/C10H22N2O4S2/c1-10(2,3)11-5-7-12(8-6-11)18(15,16)9-17(4,13)14/h5-9H2,1-4H3. The third-order valence-corrected chi connectivity index (χ3v) is 7.00. The van der Waals surface area contributed by atoms with Crippen LogP contribution in [-0.2, 0) is 19.9 Å². The molecule has 0 bridgehead atoms. The second-order valence-electron chi connectivity index (χ2n) is 5.71. The summed E-state index contributed by atoms with van der Waals surface area (Å²) >= 11 is 0. The Balaban J connectivity index is 2.69. The molecule has 0 unspecified atom stereocenters. The maximum atomic E-state index is 11.9. The van der Waals surface area contributed by atoms with Crippen LogP contribution in [0.4, 0.5) is 0 Å². The molecule has 1 aliphatic rings. The Morgan fingerprint density at radius 2 is 1.39 bits per heavy atom. The van der Waals surface area contributed by atoms with Gasteiger partial charge >= 0.3 is 0 Å². The van der Waals surface area contributed by atoms with E-state index in [0.29, 0.717) is 26.2 Å². The maximum absolute atomic E-state index is 11.9. The van der Waals surface area contributed by atoms with Crippen LogP contribution in [0.3, 0.4) is 0 Å². The van der Waals surface area contributed by atoms with Crippen LogP contribution in [0, 0.1) is 0 Å². The predicted octanol–water partition coefficient (Wildman–Crippen LogP) is -0.266. The molecule has 1 heterocycles. The Morgan fingerprint density at radius 1 is 0.944 bits per heavy atom. The van der Waals surface area contributed by atoms with E-state index in [1.807, 2.05) is 0 Å². The number of sulfonamides is 1. The van der Waals surface area contributed by atoms with Crippen molar-refractivity contribution in [3.05, 3.63) is 0 Å². The van der Waals surface area contributed by atoms with Gasteiger partial charge in [-0.2, -0.15) is 4.31 Å². The molecule has 0 aliphatic carbocycles. The zero-order valence-electron chi connectivity index (χ0n) is 11.4. The van der Waals surface area contributed by atoms with E-state index in [1.165, 1.54) is 4.31 Å². The lowest BCUT2D eigenvalue weighted by Gasteiger charge is -2.41. The van der Waals surface area contributed by atoms with Gasteiger partial charge in [-0.3, -0.25) is 4.90 Å². The van der Waals surface area contributed by atoms with Gasteiger partial charge in [0.2, 0.25) is 10.0 Å². The van der Waals surface area contributed by atoms with Crippen LogP contribution in [0.15, 0.2) is 0 Å². The van der Waals surface area contributed by atoms with Crippen molar-refractivity contribution in [1.29, 1.82) is 0 Å². The summed E-state index contributed by atoms with van der Waals surface area (Å²) in [5, 5.41) is -0.796. The third-order valence-electron chi connectivity index (χ3n) is 2.94. The van der Waals surface area contributed by atoms with Gasteiger partial charge in [-0.25, -0.2) is 16.8 Å². The van der Waals surface area contributed by atoms with Crippen LogP contribution in [-0.4, -0.2) is 69.1 Å². The summed E-state index contributed by atoms with van der Waals surface area (Å²) in [5.74, 6) is 0. The first-order chi connectivity index (χ1) is 7.92. The first-order valence-corrected chi connectivity index (χ1v) is 9.49. The SMILES string of the molecule is CC(C)(C)N1CCN(S(=O)(=O)CS(C)(=O)=O)CC1. The third kappa shape index (κ3) is 4.49. The average Bonchev–Trinajstić information content (AvgIpc) is 2.13. The molecule has 0 aromatic rings. The number of nitrogens with zero attached hydrogens (tertiary/aromatic N) is 2. The Hall–Kier alpha value is -0.180. The Kier molecular flexibility index (Phi) is 4.47. The zero-order chi connectivity index (χ0) is 14.2. The smallest absolute Gasteiger partial charge is 0.228 e. The molecule has 0 spiro atoms. The van der Waals surface area contributed by atoms with Gasteiger partial charge in [-0.1, -0.05) is 0 Å². The van der Waals surface area contributed by atoms with Crippen LogP contribution in [0.1, 0.15) is 20.8 Å². The lowest BCUT2D eigenvalue weighted by Crippen LogP contribution is -2.55. The van der Waals surface area contributed by atoms with Crippen molar-refractivity contribution >= 4 is 19.9 Å². The molecule has 0 atom stereocenters. The van der Waals surface area contributed by atoms with Gasteiger partial charge < -0.3 is 0 Å². The average molecular weight is 298 g/mol. The van der Waals surface area contributed by atoms with Crippen molar-refractivity contribution in [2.75, 3.05) is 37.5 Å². The molecule has 1 fully saturated rings. The van der Waals surface area contributed by atoms with Gasteiger partial charge in [0.15, 0.2) is 14.9 Å². The molecule has 1 aliphatic heterocycles. The molecule has 0 N–H and O–H groups in total. The molecule has 6 nitrogen and oxygen atoms in total. The van der Waals surface area contributed by atoms with Crippen molar-refractivity contribution in [3.63, 3.8) is 0 Å². The lowest BCUT2D eigenvalue weighted by molar-refractivity contribution is 0.0923. The summed E-state index contributed by atoms with van der Waals surface area (Å²) in [5.41, 5.74) is 0.00663. The quantitative estimate of drug-likeness (QED) is 0.717. The van der Waals surface area contributed by atoms with Crippen molar-refractivity contribution in [2.45, 2.75) is 26.3 Å². The minimum Gasteiger partial charge on any atom is -0.296 e. The van der Waals surface area contributed by atoms with E-state index in [1.54, 1.807) is 0 Å². The Bertz CT molecular complexity index is 482. The van der Waals surface area contributed by atoms with Gasteiger partial charge in [0.25, 0.3) is 0 Å². The topological polar surface area (TPSA) is 74.8 Å². The number of hydrogen-bond donors (Lipinski definition) is 0. The highest BCUT2D eigenvalue weighted by atomic mass is 32.3. The molecule has 0 radical (unpaired) electrons. The first kappa shape index (κ1) is 15.9. The van der Waals surface area contributed by atoms with E-state index in [2.05, 4.69) is 25.7 Å². The summed E-state index contributed by atoms with van der Waals surface area (Å²) in [6.07, 6.45) is 0.940. The number of sulfone groups is 1. The molecular weight excluding hydrogens is 276 g/mol. The second-order valence-corrected chi connectivity index (χ2v) is 10.2. The van der Waals surface area contributed by atoms with Crippen molar-refractivity contribution in [1.82, 2.24) is 9.21 Å². The van der Waals surface area contributed by atoms with Crippen molar-refractivity contribution in [3.8, 4) is 0 Å². The van der Waals surface area contributed by atoms with Gasteiger partial charge in [0.1, 0.15) is 0 Å². The second kappa shape index (κ2) is 5.07. The fourth-order valence-electron chi connectivity index (χ4n) is 1.98. The van der Waals surface area contributed by atoms with E-state index in [0.717, 1.165) is 6.26 Å². The van der Waals surface area contributed by atoms with Gasteiger partial charge in [-0.15, -0.1) is 0 Å². The zero-order valence-corrected chi connectivity index (χ0v) is 13.0. The van der Waals surface area contributed by atoms with Crippen LogP contribution < -0.4 is 0 Å². The van der Waals surface area contributed by atoms with Crippen LogP contribution >= 0.6 is 0 Å². The van der Waals surface area contributed by atoms with Crippen molar-refractivity contribution in [2.24, 2.45) is 0 Å².